The molecule has 2 aromatic rings. The molecule has 1 amide bonds. The number of hydrogen-bond acceptors (Lipinski definition) is 3. The molecule has 0 atom stereocenters. The normalized spacial score (nSPS) is 25.2. The summed E-state index contributed by atoms with van der Waals surface area (Å²) in [6, 6.07) is 9.02. The Labute approximate surface area is 153 Å². The second kappa shape index (κ2) is 6.80. The molecule has 0 bridgehead atoms. The van der Waals surface area contributed by atoms with Gasteiger partial charge in [0.15, 0.2) is 0 Å². The summed E-state index contributed by atoms with van der Waals surface area (Å²) < 4.78 is 14.0. The van der Waals surface area contributed by atoms with Crippen molar-refractivity contribution in [1.82, 2.24) is 15.2 Å². The molecule has 2 heterocycles. The third kappa shape index (κ3) is 3.49. The van der Waals surface area contributed by atoms with Gasteiger partial charge in [0.05, 0.1) is 0 Å². The Kier molecular flexibility index (Phi) is 4.49. The van der Waals surface area contributed by atoms with E-state index in [1.165, 1.54) is 0 Å². The fourth-order valence-electron chi connectivity index (χ4n) is 4.42. The summed E-state index contributed by atoms with van der Waals surface area (Å²) in [5.74, 6) is -0.142. The highest BCUT2D eigenvalue weighted by atomic mass is 19.1. The van der Waals surface area contributed by atoms with E-state index in [1.54, 1.807) is 30.6 Å². The van der Waals surface area contributed by atoms with Crippen LogP contribution in [0.4, 0.5) is 4.39 Å². The molecule has 4 nitrogen and oxygen atoms in total. The lowest BCUT2D eigenvalue weighted by atomic mass is 9.65. The molecule has 2 fully saturated rings. The second-order valence-corrected chi connectivity index (χ2v) is 7.87. The summed E-state index contributed by atoms with van der Waals surface area (Å²) in [6.07, 6.45) is 6.42. The van der Waals surface area contributed by atoms with Crippen molar-refractivity contribution in [2.75, 3.05) is 13.1 Å². The molecule has 1 spiro atoms. The molecule has 136 valence electrons. The maximum atomic E-state index is 14.0. The zero-order valence-corrected chi connectivity index (χ0v) is 15.0. The number of aryl methyl sites for hydroxylation is 1. The Bertz CT molecular complexity index is 802. The first kappa shape index (κ1) is 17.2. The van der Waals surface area contributed by atoms with Crippen molar-refractivity contribution in [3.63, 3.8) is 0 Å². The van der Waals surface area contributed by atoms with Gasteiger partial charge in [0.25, 0.3) is 5.91 Å². The fourth-order valence-corrected chi connectivity index (χ4v) is 4.42. The van der Waals surface area contributed by atoms with Crippen LogP contribution in [0.1, 0.15) is 40.7 Å². The minimum Gasteiger partial charge on any atom is -0.349 e. The molecule has 5 heteroatoms. The van der Waals surface area contributed by atoms with Crippen LogP contribution in [0.5, 0.6) is 0 Å². The molecule has 1 aromatic carbocycles. The van der Waals surface area contributed by atoms with E-state index in [0.29, 0.717) is 12.1 Å². The molecular weight excluding hydrogens is 329 g/mol. The lowest BCUT2D eigenvalue weighted by Gasteiger charge is -2.45. The van der Waals surface area contributed by atoms with Gasteiger partial charge in [-0.1, -0.05) is 17.7 Å². The molecule has 1 saturated heterocycles. The average molecular weight is 353 g/mol. The number of benzene rings is 1. The van der Waals surface area contributed by atoms with Crippen LogP contribution in [0, 0.1) is 18.2 Å². The third-order valence-electron chi connectivity index (χ3n) is 5.75. The summed E-state index contributed by atoms with van der Waals surface area (Å²) in [7, 11) is 0. The monoisotopic (exact) mass is 353 g/mol. The Morgan fingerprint density at radius 3 is 2.85 bits per heavy atom. The zero-order chi connectivity index (χ0) is 18.1. The molecule has 1 aromatic heterocycles. The van der Waals surface area contributed by atoms with Crippen LogP contribution in [0.2, 0.25) is 0 Å². The fraction of sp³-hybridized carbons (Fsp3) is 0.429. The molecule has 1 saturated carbocycles. The Hall–Kier alpha value is -2.27. The maximum absolute atomic E-state index is 14.0. The van der Waals surface area contributed by atoms with Crippen LogP contribution in [0.3, 0.4) is 0 Å². The van der Waals surface area contributed by atoms with E-state index in [0.717, 1.165) is 43.5 Å². The van der Waals surface area contributed by atoms with E-state index < -0.39 is 0 Å². The zero-order valence-electron chi connectivity index (χ0n) is 15.0. The Morgan fingerprint density at radius 2 is 2.08 bits per heavy atom. The number of halogens is 1. The first-order chi connectivity index (χ1) is 12.5. The first-order valence-electron chi connectivity index (χ1n) is 9.21. The quantitative estimate of drug-likeness (QED) is 0.917. The van der Waals surface area contributed by atoms with Crippen molar-refractivity contribution < 1.29 is 9.18 Å². The number of carbonyl (C=O) groups excluding carboxylic acids is 1. The van der Waals surface area contributed by atoms with E-state index in [2.05, 4.69) is 15.2 Å². The molecular formula is C21H24FN3O. The van der Waals surface area contributed by atoms with Gasteiger partial charge in [-0.05, 0) is 56.3 Å². The van der Waals surface area contributed by atoms with E-state index in [1.807, 2.05) is 19.1 Å². The molecule has 4 rings (SSSR count). The standard InChI is InChI=1S/C21H24FN3O/c1-15-2-3-19(22)17(10-15)13-25-9-6-21(14-25)11-18(12-21)24-20(26)16-4-7-23-8-5-16/h2-5,7-8,10,18H,6,9,11-14H2,1H3,(H,24,26). The number of hydrogen-bond donors (Lipinski definition) is 1. The van der Waals surface area contributed by atoms with Crippen molar-refractivity contribution in [1.29, 1.82) is 0 Å². The van der Waals surface area contributed by atoms with Gasteiger partial charge in [0.1, 0.15) is 5.82 Å². The molecule has 0 radical (unpaired) electrons. The number of carbonyl (C=O) groups is 1. The van der Waals surface area contributed by atoms with Crippen LogP contribution in [0.15, 0.2) is 42.7 Å². The topological polar surface area (TPSA) is 45.2 Å². The van der Waals surface area contributed by atoms with Gasteiger partial charge < -0.3 is 5.32 Å². The molecule has 2 aliphatic rings. The number of nitrogens with one attached hydrogen (secondary N) is 1. The van der Waals surface area contributed by atoms with Crippen molar-refractivity contribution >= 4 is 5.91 Å². The number of nitrogens with zero attached hydrogens (tertiary/aromatic N) is 2. The average Bonchev–Trinajstić information content (AvgIpc) is 3.02. The molecule has 26 heavy (non-hydrogen) atoms. The summed E-state index contributed by atoms with van der Waals surface area (Å²) in [5.41, 5.74) is 2.82. The lowest BCUT2D eigenvalue weighted by Crippen LogP contribution is -2.51. The molecule has 0 unspecified atom stereocenters. The van der Waals surface area contributed by atoms with Gasteiger partial charge in [-0.3, -0.25) is 14.7 Å². The van der Waals surface area contributed by atoms with Gasteiger partial charge in [-0.25, -0.2) is 4.39 Å². The summed E-state index contributed by atoms with van der Waals surface area (Å²) in [4.78, 5) is 18.5. The lowest BCUT2D eigenvalue weighted by molar-refractivity contribution is 0.0693. The van der Waals surface area contributed by atoms with Gasteiger partial charge in [-0.15, -0.1) is 0 Å². The predicted octanol–water partition coefficient (Wildman–Crippen LogP) is 3.31. The van der Waals surface area contributed by atoms with Crippen molar-refractivity contribution in [2.45, 2.75) is 38.8 Å². The smallest absolute Gasteiger partial charge is 0.251 e. The number of likely N-dealkylation sites (tertiary alicyclic amines) is 1. The number of rotatable bonds is 4. The van der Waals surface area contributed by atoms with Gasteiger partial charge in [-0.2, -0.15) is 0 Å². The number of pyridine rings is 1. The van der Waals surface area contributed by atoms with Crippen molar-refractivity contribution in [3.05, 3.63) is 65.2 Å². The largest absolute Gasteiger partial charge is 0.349 e. The van der Waals surface area contributed by atoms with Gasteiger partial charge in [0, 0.05) is 42.7 Å². The summed E-state index contributed by atoms with van der Waals surface area (Å²) in [5, 5.41) is 3.12. The van der Waals surface area contributed by atoms with Crippen molar-refractivity contribution in [3.8, 4) is 0 Å². The Balaban J connectivity index is 1.30. The Morgan fingerprint density at radius 1 is 1.31 bits per heavy atom. The number of aromatic nitrogens is 1. The van der Waals surface area contributed by atoms with Crippen LogP contribution in [0.25, 0.3) is 0 Å². The first-order valence-corrected chi connectivity index (χ1v) is 9.21. The van der Waals surface area contributed by atoms with Gasteiger partial charge in [0.2, 0.25) is 0 Å². The minimum absolute atomic E-state index is 0.0241. The summed E-state index contributed by atoms with van der Waals surface area (Å²) in [6.45, 7) is 4.65. The predicted molar refractivity (Wildman–Crippen MR) is 98.2 cm³/mol. The van der Waals surface area contributed by atoms with E-state index >= 15 is 0 Å². The van der Waals surface area contributed by atoms with Crippen LogP contribution in [-0.4, -0.2) is 34.9 Å². The molecule has 1 N–H and O–H groups in total. The van der Waals surface area contributed by atoms with Gasteiger partial charge >= 0.3 is 0 Å². The van der Waals surface area contributed by atoms with Crippen molar-refractivity contribution in [2.24, 2.45) is 5.41 Å². The van der Waals surface area contributed by atoms with E-state index in [9.17, 15) is 9.18 Å². The van der Waals surface area contributed by atoms with Crippen LogP contribution in [-0.2, 0) is 6.54 Å². The second-order valence-electron chi connectivity index (χ2n) is 7.87. The molecule has 1 aliphatic heterocycles. The SMILES string of the molecule is Cc1ccc(F)c(CN2CCC3(CC(NC(=O)c4ccncc4)C3)C2)c1. The highest BCUT2D eigenvalue weighted by molar-refractivity contribution is 5.94. The highest BCUT2D eigenvalue weighted by Crippen LogP contribution is 2.48. The highest BCUT2D eigenvalue weighted by Gasteiger charge is 2.48. The van der Waals surface area contributed by atoms with E-state index in [4.69, 9.17) is 0 Å². The van der Waals surface area contributed by atoms with Crippen LogP contribution >= 0.6 is 0 Å². The van der Waals surface area contributed by atoms with E-state index in [-0.39, 0.29) is 23.2 Å². The number of amides is 1. The van der Waals surface area contributed by atoms with Crippen LogP contribution < -0.4 is 5.32 Å². The molecule has 1 aliphatic carbocycles. The maximum Gasteiger partial charge on any atom is 0.251 e. The summed E-state index contributed by atoms with van der Waals surface area (Å²) >= 11 is 0. The third-order valence-corrected chi connectivity index (χ3v) is 5.75. The minimum atomic E-state index is -0.118.